The number of aromatic nitrogens is 1. The van der Waals surface area contributed by atoms with Crippen LogP contribution in [0.25, 0.3) is 33.6 Å². The van der Waals surface area contributed by atoms with E-state index >= 15 is 0 Å². The van der Waals surface area contributed by atoms with E-state index in [0.717, 1.165) is 39.0 Å². The predicted molar refractivity (Wildman–Crippen MR) is 138 cm³/mol. The molecule has 0 amide bonds. The molecule has 180 valence electrons. The maximum atomic E-state index is 13.1. The van der Waals surface area contributed by atoms with Gasteiger partial charge in [-0.05, 0) is 57.5 Å². The lowest BCUT2D eigenvalue weighted by atomic mass is 9.99. The molecule has 1 unspecified atom stereocenters. The number of hydrogen-bond donors (Lipinski definition) is 0. The molecule has 0 N–H and O–H groups in total. The summed E-state index contributed by atoms with van der Waals surface area (Å²) in [6, 6.07) is 19.7. The van der Waals surface area contributed by atoms with Gasteiger partial charge < -0.3 is 13.7 Å². The Morgan fingerprint density at radius 1 is 1.09 bits per heavy atom. The van der Waals surface area contributed by atoms with E-state index < -0.39 is 17.3 Å². The van der Waals surface area contributed by atoms with Crippen molar-refractivity contribution in [2.24, 2.45) is 0 Å². The Kier molecular flexibility index (Phi) is 6.17. The molecule has 0 radical (unpaired) electrons. The van der Waals surface area contributed by atoms with Gasteiger partial charge in [0.25, 0.3) is 0 Å². The number of esters is 1. The summed E-state index contributed by atoms with van der Waals surface area (Å²) in [6.07, 6.45) is 0. The molecule has 0 fully saturated rings. The molecule has 1 aliphatic heterocycles. The highest BCUT2D eigenvalue weighted by Gasteiger charge is 2.38. The number of furan rings is 1. The molecule has 5 rings (SSSR count). The lowest BCUT2D eigenvalue weighted by Gasteiger charge is -2.29. The van der Waals surface area contributed by atoms with E-state index in [1.54, 1.807) is 13.0 Å². The molecule has 0 spiro atoms. The molecular formula is C28H28N2O4S. The van der Waals surface area contributed by atoms with Crippen molar-refractivity contribution in [2.75, 3.05) is 6.61 Å². The summed E-state index contributed by atoms with van der Waals surface area (Å²) in [5.41, 5.74) is 5.52. The monoisotopic (exact) mass is 488 g/mol. The molecule has 3 heterocycles. The summed E-state index contributed by atoms with van der Waals surface area (Å²) in [4.78, 5) is 17.4. The second-order valence-corrected chi connectivity index (χ2v) is 11.8. The minimum absolute atomic E-state index is 0.262. The Hall–Kier alpha value is -3.13. The zero-order valence-corrected chi connectivity index (χ0v) is 21.1. The molecule has 0 bridgehead atoms. The highest BCUT2D eigenvalue weighted by molar-refractivity contribution is 7.90. The molecule has 6 nitrogen and oxygen atoms in total. The molecule has 35 heavy (non-hydrogen) atoms. The molecule has 7 heteroatoms. The maximum Gasteiger partial charge on any atom is 0.356 e. The van der Waals surface area contributed by atoms with Gasteiger partial charge in [-0.3, -0.25) is 0 Å². The quantitative estimate of drug-likeness (QED) is 0.249. The SMILES string of the molecule is CCOC(=O)c1cc2c(c(-c3cccc(-c4cc5ccccc5o4)c3)n1)CN([S+]([O-])C(C)(C)C)C2. The molecule has 0 saturated carbocycles. The average Bonchev–Trinajstić information content (AvgIpc) is 3.47. The van der Waals surface area contributed by atoms with Gasteiger partial charge in [0, 0.05) is 33.4 Å². The van der Waals surface area contributed by atoms with Gasteiger partial charge in [-0.15, -0.1) is 4.31 Å². The van der Waals surface area contributed by atoms with E-state index in [4.69, 9.17) is 14.1 Å². The third-order valence-electron chi connectivity index (χ3n) is 5.99. The van der Waals surface area contributed by atoms with Gasteiger partial charge in [0.15, 0.2) is 0 Å². The van der Waals surface area contributed by atoms with Gasteiger partial charge in [-0.25, -0.2) is 9.78 Å². The van der Waals surface area contributed by atoms with Crippen LogP contribution in [0.2, 0.25) is 0 Å². The van der Waals surface area contributed by atoms with Gasteiger partial charge >= 0.3 is 5.97 Å². The van der Waals surface area contributed by atoms with Crippen LogP contribution in [-0.2, 0) is 29.2 Å². The minimum Gasteiger partial charge on any atom is -0.597 e. The topological polar surface area (TPSA) is 78.6 Å². The molecule has 2 aromatic heterocycles. The zero-order chi connectivity index (χ0) is 24.7. The predicted octanol–water partition coefficient (Wildman–Crippen LogP) is 6.12. The van der Waals surface area contributed by atoms with Crippen LogP contribution in [0, 0.1) is 0 Å². The normalized spacial score (nSPS) is 14.8. The van der Waals surface area contributed by atoms with E-state index in [1.807, 2.05) is 79.7 Å². The summed E-state index contributed by atoms with van der Waals surface area (Å²) in [5, 5.41) is 1.04. The molecule has 0 saturated heterocycles. The van der Waals surface area contributed by atoms with E-state index in [1.165, 1.54) is 0 Å². The Balaban J connectivity index is 1.59. The number of fused-ring (bicyclic) bond motifs is 2. The number of ether oxygens (including phenoxy) is 1. The molecule has 4 aromatic rings. The number of benzene rings is 2. The third-order valence-corrected chi connectivity index (χ3v) is 7.76. The standard InChI is InChI=1S/C28H28N2O4S/c1-5-33-27(31)23-14-21-16-30(35(32)28(2,3)4)17-22(21)26(29-23)20-11-8-10-18(13-20)25-15-19-9-6-7-12-24(19)34-25/h6-15H,5,16-17H2,1-4H3. The average molecular weight is 489 g/mol. The van der Waals surface area contributed by atoms with Crippen molar-refractivity contribution in [2.45, 2.75) is 45.5 Å². The van der Waals surface area contributed by atoms with Crippen LogP contribution in [-0.4, -0.2) is 31.2 Å². The summed E-state index contributed by atoms with van der Waals surface area (Å²) < 4.78 is 26.0. The van der Waals surface area contributed by atoms with Crippen molar-refractivity contribution >= 4 is 28.3 Å². The Labute approximate surface area is 208 Å². The Morgan fingerprint density at radius 2 is 1.86 bits per heavy atom. The summed E-state index contributed by atoms with van der Waals surface area (Å²) >= 11 is -1.19. The fraction of sp³-hybridized carbons (Fsp3) is 0.286. The zero-order valence-electron chi connectivity index (χ0n) is 20.3. The second kappa shape index (κ2) is 9.15. The Morgan fingerprint density at radius 3 is 2.60 bits per heavy atom. The first kappa shape index (κ1) is 23.6. The molecule has 1 aliphatic rings. The van der Waals surface area contributed by atoms with Crippen LogP contribution in [0.1, 0.15) is 49.3 Å². The van der Waals surface area contributed by atoms with Crippen molar-refractivity contribution in [3.63, 3.8) is 0 Å². The number of para-hydroxylation sites is 1. The number of rotatable bonds is 5. The molecule has 1 atom stereocenters. The maximum absolute atomic E-state index is 13.1. The van der Waals surface area contributed by atoms with Crippen molar-refractivity contribution in [1.82, 2.24) is 9.29 Å². The molecule has 0 aliphatic carbocycles. The summed E-state index contributed by atoms with van der Waals surface area (Å²) in [5.74, 6) is 0.307. The lowest BCUT2D eigenvalue weighted by molar-refractivity contribution is 0.0519. The highest BCUT2D eigenvalue weighted by atomic mass is 32.2. The highest BCUT2D eigenvalue weighted by Crippen LogP contribution is 2.37. The van der Waals surface area contributed by atoms with Gasteiger partial charge in [0.2, 0.25) is 0 Å². The van der Waals surface area contributed by atoms with Crippen LogP contribution >= 0.6 is 0 Å². The van der Waals surface area contributed by atoms with Crippen molar-refractivity contribution in [3.8, 4) is 22.6 Å². The van der Waals surface area contributed by atoms with Crippen molar-refractivity contribution in [3.05, 3.63) is 77.5 Å². The first-order valence-electron chi connectivity index (χ1n) is 11.7. The van der Waals surface area contributed by atoms with Gasteiger partial charge in [0.1, 0.15) is 21.8 Å². The fourth-order valence-electron chi connectivity index (χ4n) is 4.36. The minimum atomic E-state index is -1.19. The van der Waals surface area contributed by atoms with Crippen molar-refractivity contribution < 1.29 is 18.5 Å². The summed E-state index contributed by atoms with van der Waals surface area (Å²) in [7, 11) is 0. The second-order valence-electron chi connectivity index (χ2n) is 9.60. The first-order valence-corrected chi connectivity index (χ1v) is 12.8. The van der Waals surface area contributed by atoms with E-state index in [9.17, 15) is 9.35 Å². The van der Waals surface area contributed by atoms with E-state index in [2.05, 4.69) is 0 Å². The fourth-order valence-corrected chi connectivity index (χ4v) is 5.64. The van der Waals surface area contributed by atoms with Gasteiger partial charge in [-0.1, -0.05) is 36.4 Å². The van der Waals surface area contributed by atoms with Crippen LogP contribution in [0.5, 0.6) is 0 Å². The number of carbonyl (C=O) groups excluding carboxylic acids is 1. The third kappa shape index (κ3) is 4.59. The van der Waals surface area contributed by atoms with Gasteiger partial charge in [0.05, 0.1) is 25.4 Å². The smallest absolute Gasteiger partial charge is 0.356 e. The number of nitrogens with zero attached hydrogens (tertiary/aromatic N) is 2. The van der Waals surface area contributed by atoms with E-state index in [-0.39, 0.29) is 17.0 Å². The van der Waals surface area contributed by atoms with Crippen LogP contribution in [0.15, 0.2) is 65.1 Å². The van der Waals surface area contributed by atoms with Crippen LogP contribution in [0.3, 0.4) is 0 Å². The summed E-state index contributed by atoms with van der Waals surface area (Å²) in [6.45, 7) is 8.93. The van der Waals surface area contributed by atoms with Crippen molar-refractivity contribution in [1.29, 1.82) is 0 Å². The number of pyridine rings is 1. The van der Waals surface area contributed by atoms with Crippen LogP contribution < -0.4 is 0 Å². The first-order chi connectivity index (χ1) is 16.7. The molecular weight excluding hydrogens is 460 g/mol. The largest absolute Gasteiger partial charge is 0.597 e. The van der Waals surface area contributed by atoms with Crippen LogP contribution in [0.4, 0.5) is 0 Å². The number of carbonyl (C=O) groups is 1. The number of hydrogen-bond acceptors (Lipinski definition) is 6. The Bertz CT molecular complexity index is 1370. The van der Waals surface area contributed by atoms with E-state index in [0.29, 0.717) is 18.8 Å². The molecule has 2 aromatic carbocycles. The van der Waals surface area contributed by atoms with Gasteiger partial charge in [-0.2, -0.15) is 0 Å². The lowest BCUT2D eigenvalue weighted by Crippen LogP contribution is -2.40.